The normalized spacial score (nSPS) is 17.4. The molecule has 1 fully saturated rings. The lowest BCUT2D eigenvalue weighted by Crippen LogP contribution is -2.62. The maximum absolute atomic E-state index is 13.4. The van der Waals surface area contributed by atoms with Gasteiger partial charge in [0.2, 0.25) is 0 Å². The molecule has 3 aromatic rings. The van der Waals surface area contributed by atoms with Crippen LogP contribution in [0.3, 0.4) is 0 Å². The molecule has 1 saturated heterocycles. The van der Waals surface area contributed by atoms with Crippen molar-refractivity contribution in [1.29, 1.82) is 0 Å². The number of anilines is 1. The van der Waals surface area contributed by atoms with Gasteiger partial charge in [0.25, 0.3) is 0 Å². The maximum Gasteiger partial charge on any atom is 0.324 e. The highest BCUT2D eigenvalue weighted by atomic mass is 19.1. The predicted octanol–water partition coefficient (Wildman–Crippen LogP) is 5.27. The standard InChI is InChI=1S/C26H25F2N3O2/c1-30(21-6-10-23(11-7-21)33-22-8-3-18(27)4-9-22)26(32)31-15-20(16-31)29-25-13-2-17-14-19(28)5-12-24(17)25/h3-12,14,20,25,29H,2,13,15-16H2,1H3. The van der Waals surface area contributed by atoms with Gasteiger partial charge in [-0.15, -0.1) is 0 Å². The minimum Gasteiger partial charge on any atom is -0.457 e. The molecule has 0 spiro atoms. The molecule has 0 radical (unpaired) electrons. The number of halogens is 2. The van der Waals surface area contributed by atoms with E-state index in [9.17, 15) is 13.6 Å². The molecule has 0 bridgehead atoms. The lowest BCUT2D eigenvalue weighted by Gasteiger charge is -2.42. The van der Waals surface area contributed by atoms with Gasteiger partial charge in [0.15, 0.2) is 0 Å². The molecule has 1 atom stereocenters. The van der Waals surface area contributed by atoms with E-state index in [2.05, 4.69) is 5.32 Å². The molecule has 0 saturated carbocycles. The Morgan fingerprint density at radius 1 is 0.970 bits per heavy atom. The fraction of sp³-hybridized carbons (Fsp3) is 0.269. The van der Waals surface area contributed by atoms with Crippen molar-refractivity contribution >= 4 is 11.7 Å². The van der Waals surface area contributed by atoms with Gasteiger partial charge in [-0.25, -0.2) is 13.6 Å². The van der Waals surface area contributed by atoms with Crippen molar-refractivity contribution in [2.45, 2.75) is 24.9 Å². The van der Waals surface area contributed by atoms with Crippen molar-refractivity contribution in [2.75, 3.05) is 25.0 Å². The number of carbonyl (C=O) groups is 1. The number of fused-ring (bicyclic) bond motifs is 1. The van der Waals surface area contributed by atoms with Crippen molar-refractivity contribution < 1.29 is 18.3 Å². The highest BCUT2D eigenvalue weighted by Crippen LogP contribution is 2.33. The van der Waals surface area contributed by atoms with E-state index in [1.165, 1.54) is 23.8 Å². The molecule has 1 N–H and O–H groups in total. The van der Waals surface area contributed by atoms with Crippen molar-refractivity contribution in [3.63, 3.8) is 0 Å². The Morgan fingerprint density at radius 2 is 1.61 bits per heavy atom. The SMILES string of the molecule is CN(C(=O)N1CC(NC2CCc3cc(F)ccc32)C1)c1ccc(Oc2ccc(F)cc2)cc1. The quantitative estimate of drug-likeness (QED) is 0.577. The minimum absolute atomic E-state index is 0.0610. The van der Waals surface area contributed by atoms with Crippen LogP contribution in [0.15, 0.2) is 66.7 Å². The summed E-state index contributed by atoms with van der Waals surface area (Å²) in [6.45, 7) is 1.28. The van der Waals surface area contributed by atoms with E-state index in [1.807, 2.05) is 18.2 Å². The lowest BCUT2D eigenvalue weighted by molar-refractivity contribution is 0.138. The summed E-state index contributed by atoms with van der Waals surface area (Å²) in [5, 5.41) is 3.61. The summed E-state index contributed by atoms with van der Waals surface area (Å²) in [5.74, 6) is 0.650. The Morgan fingerprint density at radius 3 is 2.30 bits per heavy atom. The first kappa shape index (κ1) is 21.4. The van der Waals surface area contributed by atoms with Crippen LogP contribution in [-0.4, -0.2) is 37.1 Å². The van der Waals surface area contributed by atoms with Crippen LogP contribution in [0.2, 0.25) is 0 Å². The Hall–Kier alpha value is -3.45. The van der Waals surface area contributed by atoms with Crippen molar-refractivity contribution in [2.24, 2.45) is 0 Å². The zero-order valence-electron chi connectivity index (χ0n) is 18.3. The number of nitrogens with one attached hydrogen (secondary N) is 1. The summed E-state index contributed by atoms with van der Waals surface area (Å²) in [5.41, 5.74) is 3.00. The third-order valence-corrected chi connectivity index (χ3v) is 6.33. The number of hydrogen-bond donors (Lipinski definition) is 1. The maximum atomic E-state index is 13.4. The van der Waals surface area contributed by atoms with Gasteiger partial charge in [0, 0.05) is 37.9 Å². The Bertz CT molecular complexity index is 1150. The number of likely N-dealkylation sites (tertiary alicyclic amines) is 1. The molecule has 0 aromatic heterocycles. The topological polar surface area (TPSA) is 44.8 Å². The fourth-order valence-electron chi connectivity index (χ4n) is 4.48. The van der Waals surface area contributed by atoms with Crippen LogP contribution in [0.5, 0.6) is 11.5 Å². The number of carbonyl (C=O) groups excluding carboxylic acids is 1. The first-order valence-electron chi connectivity index (χ1n) is 11.1. The van der Waals surface area contributed by atoms with Crippen molar-refractivity contribution in [3.8, 4) is 11.5 Å². The molecule has 1 unspecified atom stereocenters. The van der Waals surface area contributed by atoms with Crippen LogP contribution in [0.25, 0.3) is 0 Å². The summed E-state index contributed by atoms with van der Waals surface area (Å²) in [6, 6.07) is 18.4. The van der Waals surface area contributed by atoms with Crippen LogP contribution in [-0.2, 0) is 6.42 Å². The zero-order valence-corrected chi connectivity index (χ0v) is 18.3. The molecule has 1 aliphatic carbocycles. The average Bonchev–Trinajstić information content (AvgIpc) is 3.19. The molecule has 5 nitrogen and oxygen atoms in total. The van der Waals surface area contributed by atoms with Crippen LogP contribution in [0.1, 0.15) is 23.6 Å². The monoisotopic (exact) mass is 449 g/mol. The van der Waals surface area contributed by atoms with Crippen molar-refractivity contribution in [3.05, 3.63) is 89.5 Å². The lowest BCUT2D eigenvalue weighted by atomic mass is 10.0. The second-order valence-electron chi connectivity index (χ2n) is 8.59. The summed E-state index contributed by atoms with van der Waals surface area (Å²) in [6.07, 6.45) is 1.83. The van der Waals surface area contributed by atoms with Gasteiger partial charge in [-0.3, -0.25) is 4.90 Å². The van der Waals surface area contributed by atoms with E-state index >= 15 is 0 Å². The number of aryl methyl sites for hydroxylation is 1. The molecule has 2 amide bonds. The number of ether oxygens (including phenoxy) is 1. The molecule has 5 rings (SSSR count). The van der Waals surface area contributed by atoms with Crippen LogP contribution in [0, 0.1) is 11.6 Å². The number of rotatable bonds is 5. The fourth-order valence-corrected chi connectivity index (χ4v) is 4.48. The average molecular weight is 450 g/mol. The largest absolute Gasteiger partial charge is 0.457 e. The highest BCUT2D eigenvalue weighted by Gasteiger charge is 2.35. The number of nitrogens with zero attached hydrogens (tertiary/aromatic N) is 2. The van der Waals surface area contributed by atoms with Gasteiger partial charge < -0.3 is 15.0 Å². The highest BCUT2D eigenvalue weighted by molar-refractivity contribution is 5.92. The third kappa shape index (κ3) is 4.54. The van der Waals surface area contributed by atoms with Crippen LogP contribution >= 0.6 is 0 Å². The smallest absolute Gasteiger partial charge is 0.324 e. The van der Waals surface area contributed by atoms with Gasteiger partial charge in [-0.2, -0.15) is 0 Å². The van der Waals surface area contributed by atoms with Crippen LogP contribution in [0.4, 0.5) is 19.3 Å². The van der Waals surface area contributed by atoms with E-state index in [-0.39, 0.29) is 29.7 Å². The molecule has 2 aliphatic rings. The summed E-state index contributed by atoms with van der Waals surface area (Å²) in [4.78, 5) is 16.3. The van der Waals surface area contributed by atoms with E-state index in [0.717, 1.165) is 24.1 Å². The third-order valence-electron chi connectivity index (χ3n) is 6.33. The Labute approximate surface area is 191 Å². The van der Waals surface area contributed by atoms with E-state index in [4.69, 9.17) is 4.74 Å². The number of amides is 2. The predicted molar refractivity (Wildman–Crippen MR) is 123 cm³/mol. The first-order valence-corrected chi connectivity index (χ1v) is 11.1. The van der Waals surface area contributed by atoms with E-state index in [1.54, 1.807) is 47.2 Å². The summed E-state index contributed by atoms with van der Waals surface area (Å²) >= 11 is 0. The Balaban J connectivity index is 1.13. The van der Waals surface area contributed by atoms with Gasteiger partial charge >= 0.3 is 6.03 Å². The second-order valence-corrected chi connectivity index (χ2v) is 8.59. The summed E-state index contributed by atoms with van der Waals surface area (Å²) < 4.78 is 32.2. The van der Waals surface area contributed by atoms with Gasteiger partial charge in [0.05, 0.1) is 0 Å². The summed E-state index contributed by atoms with van der Waals surface area (Å²) in [7, 11) is 1.75. The van der Waals surface area contributed by atoms with Crippen molar-refractivity contribution in [1.82, 2.24) is 10.2 Å². The zero-order chi connectivity index (χ0) is 22.9. The van der Waals surface area contributed by atoms with Gasteiger partial charge in [0.1, 0.15) is 23.1 Å². The number of urea groups is 1. The second kappa shape index (κ2) is 8.83. The number of benzene rings is 3. The van der Waals surface area contributed by atoms with Gasteiger partial charge in [-0.1, -0.05) is 6.07 Å². The molecule has 33 heavy (non-hydrogen) atoms. The first-order chi connectivity index (χ1) is 16.0. The molecule has 1 aliphatic heterocycles. The molecule has 3 aromatic carbocycles. The Kier molecular flexibility index (Phi) is 5.72. The molecular formula is C26H25F2N3O2. The van der Waals surface area contributed by atoms with E-state index < -0.39 is 0 Å². The van der Waals surface area contributed by atoms with Gasteiger partial charge in [-0.05, 0) is 84.6 Å². The molecular weight excluding hydrogens is 424 g/mol. The minimum atomic E-state index is -0.315. The molecule has 1 heterocycles. The van der Waals surface area contributed by atoms with Crippen LogP contribution < -0.4 is 15.0 Å². The van der Waals surface area contributed by atoms with E-state index in [0.29, 0.717) is 24.6 Å². The number of hydrogen-bond acceptors (Lipinski definition) is 3. The molecule has 7 heteroatoms. The molecule has 170 valence electrons.